The van der Waals surface area contributed by atoms with Crippen molar-refractivity contribution in [3.8, 4) is 5.75 Å². The minimum absolute atomic E-state index is 0.0225. The van der Waals surface area contributed by atoms with Crippen LogP contribution < -0.4 is 15.4 Å². The van der Waals surface area contributed by atoms with Crippen molar-refractivity contribution in [2.75, 3.05) is 17.2 Å². The lowest BCUT2D eigenvalue weighted by Crippen LogP contribution is -2.15. The molecule has 6 heteroatoms. The van der Waals surface area contributed by atoms with Crippen LogP contribution in [-0.4, -0.2) is 18.4 Å². The summed E-state index contributed by atoms with van der Waals surface area (Å²) in [6.07, 6.45) is 2.03. The Morgan fingerprint density at radius 2 is 1.58 bits per heavy atom. The van der Waals surface area contributed by atoms with Gasteiger partial charge in [0.05, 0.1) is 12.2 Å². The van der Waals surface area contributed by atoms with Crippen molar-refractivity contribution in [1.82, 2.24) is 0 Å². The zero-order chi connectivity index (χ0) is 22.1. The van der Waals surface area contributed by atoms with Crippen molar-refractivity contribution >= 4 is 39.1 Å². The van der Waals surface area contributed by atoms with E-state index < -0.39 is 0 Å². The molecule has 0 aliphatic rings. The lowest BCUT2D eigenvalue weighted by atomic mass is 10.1. The molecule has 2 N–H and O–H groups in total. The number of anilines is 2. The molecule has 31 heavy (non-hydrogen) atoms. The lowest BCUT2D eigenvalue weighted by molar-refractivity contribution is -0.116. The molecule has 0 heterocycles. The summed E-state index contributed by atoms with van der Waals surface area (Å²) in [4.78, 5) is 24.6. The van der Waals surface area contributed by atoms with E-state index >= 15 is 0 Å². The standard InChI is InChI=1S/C25H25BrN2O3/c1-2-6-24(29)27-20-10-12-21(13-11-20)28-25(30)22-17-19(26)9-14-23(22)31-16-15-18-7-4-3-5-8-18/h3-5,7-14,17H,2,6,15-16H2,1H3,(H,27,29)(H,28,30). The number of nitrogens with one attached hydrogen (secondary N) is 2. The van der Waals surface area contributed by atoms with E-state index in [1.54, 1.807) is 36.4 Å². The number of amides is 2. The van der Waals surface area contributed by atoms with E-state index in [1.807, 2.05) is 43.3 Å². The van der Waals surface area contributed by atoms with Gasteiger partial charge in [-0.2, -0.15) is 0 Å². The van der Waals surface area contributed by atoms with Crippen LogP contribution in [0.15, 0.2) is 77.3 Å². The van der Waals surface area contributed by atoms with Crippen molar-refractivity contribution < 1.29 is 14.3 Å². The molecule has 0 saturated heterocycles. The number of ether oxygens (including phenoxy) is 1. The summed E-state index contributed by atoms with van der Waals surface area (Å²) in [5.41, 5.74) is 2.96. The van der Waals surface area contributed by atoms with Gasteiger partial charge in [-0.3, -0.25) is 9.59 Å². The van der Waals surface area contributed by atoms with Crippen molar-refractivity contribution in [3.63, 3.8) is 0 Å². The van der Waals surface area contributed by atoms with Crippen LogP contribution >= 0.6 is 15.9 Å². The molecule has 0 unspecified atom stereocenters. The third kappa shape index (κ3) is 6.96. The predicted octanol–water partition coefficient (Wildman–Crippen LogP) is 6.06. The molecule has 0 aliphatic carbocycles. The number of hydrogen-bond acceptors (Lipinski definition) is 3. The van der Waals surface area contributed by atoms with Gasteiger partial charge in [-0.05, 0) is 54.4 Å². The lowest BCUT2D eigenvalue weighted by Gasteiger charge is -2.13. The van der Waals surface area contributed by atoms with Gasteiger partial charge in [0.15, 0.2) is 0 Å². The summed E-state index contributed by atoms with van der Waals surface area (Å²) >= 11 is 3.42. The largest absolute Gasteiger partial charge is 0.492 e. The van der Waals surface area contributed by atoms with Gasteiger partial charge >= 0.3 is 0 Å². The highest BCUT2D eigenvalue weighted by molar-refractivity contribution is 9.10. The first-order valence-electron chi connectivity index (χ1n) is 10.2. The van der Waals surface area contributed by atoms with Gasteiger partial charge in [0.1, 0.15) is 5.75 Å². The molecule has 3 aromatic rings. The monoisotopic (exact) mass is 480 g/mol. The molecule has 0 saturated carbocycles. The number of carbonyl (C=O) groups is 2. The quantitative estimate of drug-likeness (QED) is 0.390. The zero-order valence-corrected chi connectivity index (χ0v) is 18.9. The number of rotatable bonds is 9. The Kier molecular flexibility index (Phi) is 8.24. The minimum Gasteiger partial charge on any atom is -0.492 e. The van der Waals surface area contributed by atoms with Crippen LogP contribution in [-0.2, 0) is 11.2 Å². The summed E-state index contributed by atoms with van der Waals surface area (Å²) in [6, 6.07) is 22.5. The molecular weight excluding hydrogens is 456 g/mol. The summed E-state index contributed by atoms with van der Waals surface area (Å²) in [6.45, 7) is 2.43. The fraction of sp³-hybridized carbons (Fsp3) is 0.200. The Bertz CT molecular complexity index is 1020. The van der Waals surface area contributed by atoms with Crippen molar-refractivity contribution in [2.45, 2.75) is 26.2 Å². The maximum atomic E-state index is 12.9. The Morgan fingerprint density at radius 3 is 2.26 bits per heavy atom. The third-order valence-electron chi connectivity index (χ3n) is 4.58. The summed E-state index contributed by atoms with van der Waals surface area (Å²) in [7, 11) is 0. The second-order valence-electron chi connectivity index (χ2n) is 7.05. The molecule has 3 rings (SSSR count). The van der Waals surface area contributed by atoms with Crippen LogP contribution in [0.2, 0.25) is 0 Å². The van der Waals surface area contributed by atoms with Crippen molar-refractivity contribution in [3.05, 3.63) is 88.4 Å². The predicted molar refractivity (Wildman–Crippen MR) is 128 cm³/mol. The molecule has 160 valence electrons. The third-order valence-corrected chi connectivity index (χ3v) is 5.07. The second kappa shape index (κ2) is 11.3. The molecule has 2 amide bonds. The normalized spacial score (nSPS) is 10.4. The zero-order valence-electron chi connectivity index (χ0n) is 17.4. The van der Waals surface area contributed by atoms with Gasteiger partial charge in [-0.25, -0.2) is 0 Å². The van der Waals surface area contributed by atoms with Gasteiger partial charge in [0, 0.05) is 28.7 Å². The topological polar surface area (TPSA) is 67.4 Å². The Balaban J connectivity index is 1.64. The van der Waals surface area contributed by atoms with E-state index in [1.165, 1.54) is 5.56 Å². The van der Waals surface area contributed by atoms with Gasteiger partial charge in [0.25, 0.3) is 5.91 Å². The SMILES string of the molecule is CCCC(=O)Nc1ccc(NC(=O)c2cc(Br)ccc2OCCc2ccccc2)cc1. The van der Waals surface area contributed by atoms with Crippen molar-refractivity contribution in [1.29, 1.82) is 0 Å². The second-order valence-corrected chi connectivity index (χ2v) is 7.97. The fourth-order valence-electron chi connectivity index (χ4n) is 3.01. The van der Waals surface area contributed by atoms with Gasteiger partial charge in [0.2, 0.25) is 5.91 Å². The number of benzene rings is 3. The van der Waals surface area contributed by atoms with E-state index in [0.717, 1.165) is 17.3 Å². The highest BCUT2D eigenvalue weighted by Gasteiger charge is 2.14. The first-order chi connectivity index (χ1) is 15.0. The highest BCUT2D eigenvalue weighted by atomic mass is 79.9. The van der Waals surface area contributed by atoms with Crippen LogP contribution in [0.3, 0.4) is 0 Å². The molecule has 0 spiro atoms. The van der Waals surface area contributed by atoms with Crippen LogP contribution in [0.25, 0.3) is 0 Å². The van der Waals surface area contributed by atoms with Crippen LogP contribution in [0.5, 0.6) is 5.75 Å². The molecule has 0 aromatic heterocycles. The first-order valence-corrected chi connectivity index (χ1v) is 11.0. The number of halogens is 1. The molecule has 3 aromatic carbocycles. The fourth-order valence-corrected chi connectivity index (χ4v) is 3.38. The first kappa shape index (κ1) is 22.6. The highest BCUT2D eigenvalue weighted by Crippen LogP contribution is 2.25. The number of carbonyl (C=O) groups excluding carboxylic acids is 2. The molecule has 0 radical (unpaired) electrons. The minimum atomic E-state index is -0.265. The smallest absolute Gasteiger partial charge is 0.259 e. The van der Waals surface area contributed by atoms with Crippen LogP contribution in [0.4, 0.5) is 11.4 Å². The van der Waals surface area contributed by atoms with E-state index in [-0.39, 0.29) is 11.8 Å². The molecule has 0 fully saturated rings. The van der Waals surface area contributed by atoms with E-state index in [4.69, 9.17) is 4.74 Å². The van der Waals surface area contributed by atoms with Crippen LogP contribution in [0.1, 0.15) is 35.7 Å². The van der Waals surface area contributed by atoms with E-state index in [2.05, 4.69) is 26.6 Å². The van der Waals surface area contributed by atoms with E-state index in [9.17, 15) is 9.59 Å². The Hall–Kier alpha value is -3.12. The summed E-state index contributed by atoms with van der Waals surface area (Å²) in [5.74, 6) is 0.240. The molecule has 0 bridgehead atoms. The molecule has 0 aliphatic heterocycles. The van der Waals surface area contributed by atoms with Gasteiger partial charge < -0.3 is 15.4 Å². The maximum Gasteiger partial charge on any atom is 0.259 e. The van der Waals surface area contributed by atoms with Crippen molar-refractivity contribution in [2.24, 2.45) is 0 Å². The average molecular weight is 481 g/mol. The maximum absolute atomic E-state index is 12.9. The average Bonchev–Trinajstić information content (AvgIpc) is 2.77. The Labute approximate surface area is 191 Å². The molecule has 5 nitrogen and oxygen atoms in total. The summed E-state index contributed by atoms with van der Waals surface area (Å²) in [5, 5.41) is 5.72. The molecular formula is C25H25BrN2O3. The van der Waals surface area contributed by atoms with Gasteiger partial charge in [-0.1, -0.05) is 53.2 Å². The van der Waals surface area contributed by atoms with Crippen LogP contribution in [0, 0.1) is 0 Å². The molecule has 0 atom stereocenters. The summed E-state index contributed by atoms with van der Waals surface area (Å²) < 4.78 is 6.71. The van der Waals surface area contributed by atoms with Gasteiger partial charge in [-0.15, -0.1) is 0 Å². The van der Waals surface area contributed by atoms with E-state index in [0.29, 0.717) is 35.7 Å². The Morgan fingerprint density at radius 1 is 0.903 bits per heavy atom. The number of hydrogen-bond donors (Lipinski definition) is 2.